The fourth-order valence-electron chi connectivity index (χ4n) is 3.22. The standard InChI is InChI=1S/C20H19N4O5P/c25-24(26)19-6-3-15(14-28-30(27,22-8-9-22)23-10-11-23)12-20(19)29-17-4-5-18-16(13-17)2-1-7-21-18/h1-7,12-13H,8-11,14H2. The summed E-state index contributed by atoms with van der Waals surface area (Å²) in [5.41, 5.74) is 1.31. The molecule has 2 aliphatic heterocycles. The van der Waals surface area contributed by atoms with Gasteiger partial charge in [-0.15, -0.1) is 0 Å². The minimum Gasteiger partial charge on any atom is -0.450 e. The van der Waals surface area contributed by atoms with E-state index < -0.39 is 12.6 Å². The Balaban J connectivity index is 1.40. The average molecular weight is 426 g/mol. The summed E-state index contributed by atoms with van der Waals surface area (Å²) in [6, 6.07) is 13.6. The second-order valence-corrected chi connectivity index (χ2v) is 9.56. The first-order valence-corrected chi connectivity index (χ1v) is 11.1. The second kappa shape index (κ2) is 7.45. The van der Waals surface area contributed by atoms with Crippen LogP contribution in [0.1, 0.15) is 5.56 Å². The van der Waals surface area contributed by atoms with Crippen molar-refractivity contribution in [2.45, 2.75) is 6.61 Å². The van der Waals surface area contributed by atoms with Gasteiger partial charge in [-0.3, -0.25) is 19.7 Å². The van der Waals surface area contributed by atoms with Crippen LogP contribution in [0.15, 0.2) is 54.7 Å². The number of nitro groups is 1. The van der Waals surface area contributed by atoms with E-state index in [0.717, 1.165) is 37.1 Å². The third-order valence-electron chi connectivity index (χ3n) is 4.98. The van der Waals surface area contributed by atoms with E-state index in [1.54, 1.807) is 36.5 Å². The van der Waals surface area contributed by atoms with Crippen LogP contribution >= 0.6 is 7.67 Å². The first-order valence-electron chi connectivity index (χ1n) is 9.58. The number of fused-ring (bicyclic) bond motifs is 1. The van der Waals surface area contributed by atoms with Crippen molar-refractivity contribution >= 4 is 24.3 Å². The maximum atomic E-state index is 13.1. The zero-order valence-corrected chi connectivity index (χ0v) is 16.9. The third kappa shape index (κ3) is 3.80. The molecule has 0 amide bonds. The molecule has 0 spiro atoms. The molecule has 2 saturated heterocycles. The van der Waals surface area contributed by atoms with E-state index in [1.807, 2.05) is 21.5 Å². The van der Waals surface area contributed by atoms with Gasteiger partial charge in [-0.2, -0.15) is 0 Å². The maximum Gasteiger partial charge on any atom is 0.346 e. The van der Waals surface area contributed by atoms with Crippen LogP contribution in [0.2, 0.25) is 0 Å². The first-order chi connectivity index (χ1) is 14.5. The molecule has 5 rings (SSSR count). The van der Waals surface area contributed by atoms with Crippen molar-refractivity contribution in [3.63, 3.8) is 0 Å². The van der Waals surface area contributed by atoms with E-state index in [0.29, 0.717) is 11.3 Å². The molecule has 1 aromatic heterocycles. The predicted octanol–water partition coefficient (Wildman–Crippen LogP) is 4.19. The van der Waals surface area contributed by atoms with E-state index >= 15 is 0 Å². The SMILES string of the molecule is O=[N+]([O-])c1ccc(COP(=O)(N2CC2)N2CC2)cc1Oc1ccc2ncccc2c1. The van der Waals surface area contributed by atoms with Gasteiger partial charge in [0.25, 0.3) is 0 Å². The highest BCUT2D eigenvalue weighted by atomic mass is 31.2. The molecular formula is C20H19N4O5P. The molecular weight excluding hydrogens is 407 g/mol. The Morgan fingerprint density at radius 3 is 2.53 bits per heavy atom. The van der Waals surface area contributed by atoms with Gasteiger partial charge in [-0.05, 0) is 42.0 Å². The Kier molecular flexibility index (Phi) is 4.75. The van der Waals surface area contributed by atoms with Crippen molar-refractivity contribution in [1.29, 1.82) is 0 Å². The monoisotopic (exact) mass is 426 g/mol. The molecule has 3 aromatic rings. The Hall–Kier alpha value is -2.84. The number of nitro benzene ring substituents is 1. The molecule has 0 radical (unpaired) electrons. The summed E-state index contributed by atoms with van der Waals surface area (Å²) in [6.45, 7) is 3.14. The quantitative estimate of drug-likeness (QED) is 0.229. The Labute approximate surface area is 172 Å². The summed E-state index contributed by atoms with van der Waals surface area (Å²) < 4.78 is 28.4. The zero-order chi connectivity index (χ0) is 20.7. The molecule has 0 bridgehead atoms. The van der Waals surface area contributed by atoms with Gasteiger partial charge in [-0.1, -0.05) is 6.07 Å². The molecule has 30 heavy (non-hydrogen) atoms. The molecule has 154 valence electrons. The van der Waals surface area contributed by atoms with Gasteiger partial charge in [0, 0.05) is 43.8 Å². The van der Waals surface area contributed by atoms with Gasteiger partial charge in [-0.25, -0.2) is 9.34 Å². The zero-order valence-electron chi connectivity index (χ0n) is 16.0. The average Bonchev–Trinajstić information content (AvgIpc) is 3.64. The largest absolute Gasteiger partial charge is 0.450 e. The third-order valence-corrected chi connectivity index (χ3v) is 7.68. The number of benzene rings is 2. The molecule has 0 atom stereocenters. The van der Waals surface area contributed by atoms with Crippen molar-refractivity contribution in [3.8, 4) is 11.5 Å². The highest BCUT2D eigenvalue weighted by Crippen LogP contribution is 2.61. The molecule has 0 unspecified atom stereocenters. The van der Waals surface area contributed by atoms with Gasteiger partial charge in [0.15, 0.2) is 0 Å². The first kappa shape index (κ1) is 19.1. The summed E-state index contributed by atoms with van der Waals surface area (Å²) in [5, 5.41) is 12.3. The fourth-order valence-corrected chi connectivity index (χ4v) is 5.41. The van der Waals surface area contributed by atoms with Crippen LogP contribution in [0.3, 0.4) is 0 Å². The van der Waals surface area contributed by atoms with E-state index in [-0.39, 0.29) is 18.0 Å². The lowest BCUT2D eigenvalue weighted by atomic mass is 10.2. The molecule has 0 N–H and O–H groups in total. The number of ether oxygens (including phenoxy) is 1. The van der Waals surface area contributed by atoms with Crippen LogP contribution in [0, 0.1) is 10.1 Å². The Bertz CT molecular complexity index is 1160. The minimum atomic E-state index is -2.96. The van der Waals surface area contributed by atoms with E-state index in [4.69, 9.17) is 9.26 Å². The van der Waals surface area contributed by atoms with Gasteiger partial charge in [0.05, 0.1) is 17.0 Å². The maximum absolute atomic E-state index is 13.1. The van der Waals surface area contributed by atoms with Gasteiger partial charge >= 0.3 is 13.4 Å². The molecule has 3 heterocycles. The fraction of sp³-hybridized carbons (Fsp3) is 0.250. The van der Waals surface area contributed by atoms with Crippen LogP contribution in [0.4, 0.5) is 5.69 Å². The molecule has 10 heteroatoms. The molecule has 2 aliphatic rings. The van der Waals surface area contributed by atoms with Crippen LogP contribution < -0.4 is 4.74 Å². The predicted molar refractivity (Wildman–Crippen MR) is 110 cm³/mol. The number of aromatic nitrogens is 1. The number of pyridine rings is 1. The summed E-state index contributed by atoms with van der Waals surface area (Å²) >= 11 is 0. The highest BCUT2D eigenvalue weighted by Gasteiger charge is 2.49. The van der Waals surface area contributed by atoms with Crippen LogP contribution in [0.25, 0.3) is 10.9 Å². The number of hydrogen-bond acceptors (Lipinski definition) is 6. The second-order valence-electron chi connectivity index (χ2n) is 7.19. The number of rotatable bonds is 8. The van der Waals surface area contributed by atoms with Crippen molar-refractivity contribution in [2.24, 2.45) is 0 Å². The van der Waals surface area contributed by atoms with Gasteiger partial charge in [0.2, 0.25) is 5.75 Å². The summed E-state index contributed by atoms with van der Waals surface area (Å²) in [6.07, 6.45) is 1.70. The van der Waals surface area contributed by atoms with Gasteiger partial charge in [0.1, 0.15) is 5.75 Å². The number of hydrogen-bond donors (Lipinski definition) is 0. The van der Waals surface area contributed by atoms with E-state index in [2.05, 4.69) is 4.98 Å². The lowest BCUT2D eigenvalue weighted by Gasteiger charge is -2.19. The molecule has 0 aliphatic carbocycles. The molecule has 2 aromatic carbocycles. The van der Waals surface area contributed by atoms with Crippen LogP contribution in [-0.4, -0.2) is 45.4 Å². The Morgan fingerprint density at radius 2 is 1.83 bits per heavy atom. The van der Waals surface area contributed by atoms with Gasteiger partial charge < -0.3 is 9.26 Å². The van der Waals surface area contributed by atoms with Crippen molar-refractivity contribution in [3.05, 3.63) is 70.4 Å². The molecule has 2 fully saturated rings. The van der Waals surface area contributed by atoms with E-state index in [9.17, 15) is 14.7 Å². The normalized spacial score (nSPS) is 16.5. The van der Waals surface area contributed by atoms with Crippen molar-refractivity contribution in [1.82, 2.24) is 14.3 Å². The lowest BCUT2D eigenvalue weighted by Crippen LogP contribution is -2.08. The molecule has 9 nitrogen and oxygen atoms in total. The summed E-state index contributed by atoms with van der Waals surface area (Å²) in [4.78, 5) is 15.2. The van der Waals surface area contributed by atoms with Crippen LogP contribution in [0.5, 0.6) is 11.5 Å². The summed E-state index contributed by atoms with van der Waals surface area (Å²) in [7, 11) is -2.96. The van der Waals surface area contributed by atoms with Crippen LogP contribution in [-0.2, 0) is 15.7 Å². The highest BCUT2D eigenvalue weighted by molar-refractivity contribution is 7.54. The number of nitrogens with zero attached hydrogens (tertiary/aromatic N) is 4. The topological polar surface area (TPSA) is 97.6 Å². The lowest BCUT2D eigenvalue weighted by molar-refractivity contribution is -0.385. The smallest absolute Gasteiger partial charge is 0.346 e. The molecule has 0 saturated carbocycles. The Morgan fingerprint density at radius 1 is 1.07 bits per heavy atom. The minimum absolute atomic E-state index is 0.0836. The van der Waals surface area contributed by atoms with Crippen molar-refractivity contribution < 1.29 is 18.7 Å². The van der Waals surface area contributed by atoms with E-state index in [1.165, 1.54) is 6.07 Å². The summed E-state index contributed by atoms with van der Waals surface area (Å²) in [5.74, 6) is 0.577. The van der Waals surface area contributed by atoms with Crippen molar-refractivity contribution in [2.75, 3.05) is 26.2 Å².